The van der Waals surface area contributed by atoms with Gasteiger partial charge in [-0.15, -0.1) is 0 Å². The van der Waals surface area contributed by atoms with Crippen molar-refractivity contribution in [3.8, 4) is 0 Å². The third-order valence-electron chi connectivity index (χ3n) is 5.00. The molecule has 0 fully saturated rings. The molecule has 3 rings (SSSR count). The molecule has 3 aromatic carbocycles. The second-order valence-corrected chi connectivity index (χ2v) is 6.79. The highest BCUT2D eigenvalue weighted by atomic mass is 14.5. The number of nitrogens with two attached hydrogens (primary N) is 1. The fourth-order valence-electron chi connectivity index (χ4n) is 3.40. The van der Waals surface area contributed by atoms with Crippen molar-refractivity contribution < 1.29 is 0 Å². The molecule has 0 radical (unpaired) electrons. The molecule has 0 bridgehead atoms. The summed E-state index contributed by atoms with van der Waals surface area (Å²) in [5.41, 5.74) is 11.3. The van der Waals surface area contributed by atoms with Gasteiger partial charge >= 0.3 is 0 Å². The van der Waals surface area contributed by atoms with Crippen LogP contribution in [0, 0.1) is 0 Å². The molecule has 0 saturated heterocycles. The van der Waals surface area contributed by atoms with Crippen molar-refractivity contribution in [2.75, 3.05) is 6.54 Å². The number of rotatable bonds is 7. The van der Waals surface area contributed by atoms with Crippen molar-refractivity contribution >= 4 is 0 Å². The first-order chi connectivity index (χ1) is 12.3. The van der Waals surface area contributed by atoms with Crippen LogP contribution in [0.3, 0.4) is 0 Å². The summed E-state index contributed by atoms with van der Waals surface area (Å²) in [5.74, 6) is 0.844. The molecule has 1 atom stereocenters. The lowest BCUT2D eigenvalue weighted by Crippen LogP contribution is -2.09. The van der Waals surface area contributed by atoms with E-state index in [0.717, 1.165) is 12.8 Å². The van der Waals surface area contributed by atoms with E-state index in [2.05, 4.69) is 91.9 Å². The molecule has 0 heterocycles. The highest BCUT2D eigenvalue weighted by Gasteiger charge is 2.14. The Morgan fingerprint density at radius 3 is 1.84 bits per heavy atom. The van der Waals surface area contributed by atoms with Crippen LogP contribution in [0.25, 0.3) is 0 Å². The molecule has 0 aliphatic heterocycles. The molecule has 25 heavy (non-hydrogen) atoms. The standard InChI is InChI=1S/C24H27N/c1-19(18-25)23-14-8-9-20(17-23)15-16-24(21-10-4-2-5-11-21)22-12-6-3-7-13-22/h2-14,17,19,24H,15-16,18,25H2,1H3. The normalized spacial score (nSPS) is 12.3. The smallest absolute Gasteiger partial charge is 0.00925 e. The highest BCUT2D eigenvalue weighted by Crippen LogP contribution is 2.29. The number of hydrogen-bond acceptors (Lipinski definition) is 1. The van der Waals surface area contributed by atoms with Crippen LogP contribution in [0.5, 0.6) is 0 Å². The summed E-state index contributed by atoms with van der Waals surface area (Å²) in [6, 6.07) is 30.6. The topological polar surface area (TPSA) is 26.0 Å². The largest absolute Gasteiger partial charge is 0.330 e. The zero-order chi connectivity index (χ0) is 17.5. The van der Waals surface area contributed by atoms with Crippen molar-refractivity contribution in [3.63, 3.8) is 0 Å². The molecule has 1 unspecified atom stereocenters. The van der Waals surface area contributed by atoms with Gasteiger partial charge in [0.25, 0.3) is 0 Å². The van der Waals surface area contributed by atoms with E-state index in [1.165, 1.54) is 22.3 Å². The van der Waals surface area contributed by atoms with Crippen molar-refractivity contribution in [1.82, 2.24) is 0 Å². The SMILES string of the molecule is CC(CN)c1cccc(CCC(c2ccccc2)c2ccccc2)c1. The predicted molar refractivity (Wildman–Crippen MR) is 107 cm³/mol. The van der Waals surface area contributed by atoms with E-state index < -0.39 is 0 Å². The Labute approximate surface area is 151 Å². The van der Waals surface area contributed by atoms with E-state index in [-0.39, 0.29) is 0 Å². The van der Waals surface area contributed by atoms with Gasteiger partial charge in [0.05, 0.1) is 0 Å². The van der Waals surface area contributed by atoms with Gasteiger partial charge in [0.2, 0.25) is 0 Å². The number of hydrogen-bond donors (Lipinski definition) is 1. The summed E-state index contributed by atoms with van der Waals surface area (Å²) < 4.78 is 0. The van der Waals surface area contributed by atoms with E-state index >= 15 is 0 Å². The van der Waals surface area contributed by atoms with Crippen molar-refractivity contribution in [1.29, 1.82) is 0 Å². The highest BCUT2D eigenvalue weighted by molar-refractivity contribution is 5.33. The molecule has 1 heteroatoms. The van der Waals surface area contributed by atoms with E-state index in [1.807, 2.05) is 0 Å². The average Bonchev–Trinajstić information content (AvgIpc) is 2.69. The molecule has 1 nitrogen and oxygen atoms in total. The van der Waals surface area contributed by atoms with Crippen LogP contribution in [0.15, 0.2) is 84.9 Å². The quantitative estimate of drug-likeness (QED) is 0.607. The maximum Gasteiger partial charge on any atom is 0.00925 e. The van der Waals surface area contributed by atoms with Gasteiger partial charge < -0.3 is 5.73 Å². The van der Waals surface area contributed by atoms with Gasteiger partial charge in [0.15, 0.2) is 0 Å². The summed E-state index contributed by atoms with van der Waals surface area (Å²) in [5, 5.41) is 0. The summed E-state index contributed by atoms with van der Waals surface area (Å²) in [7, 11) is 0. The minimum absolute atomic E-state index is 0.416. The van der Waals surface area contributed by atoms with Crippen LogP contribution in [0.1, 0.15) is 47.4 Å². The van der Waals surface area contributed by atoms with Crippen LogP contribution in [-0.4, -0.2) is 6.54 Å². The molecule has 0 aliphatic carbocycles. The molecule has 0 saturated carbocycles. The molecule has 2 N–H and O–H groups in total. The lowest BCUT2D eigenvalue weighted by atomic mass is 9.86. The Morgan fingerprint density at radius 2 is 1.28 bits per heavy atom. The third kappa shape index (κ3) is 4.58. The lowest BCUT2D eigenvalue weighted by Gasteiger charge is -2.19. The number of aryl methyl sites for hydroxylation is 1. The zero-order valence-electron chi connectivity index (χ0n) is 14.9. The monoisotopic (exact) mass is 329 g/mol. The summed E-state index contributed by atoms with van der Waals surface area (Å²) in [6.07, 6.45) is 2.17. The van der Waals surface area contributed by atoms with Crippen LogP contribution in [-0.2, 0) is 6.42 Å². The molecular formula is C24H27N. The van der Waals surface area contributed by atoms with Gasteiger partial charge in [-0.3, -0.25) is 0 Å². The molecule has 0 spiro atoms. The van der Waals surface area contributed by atoms with E-state index in [1.54, 1.807) is 0 Å². The first-order valence-electron chi connectivity index (χ1n) is 9.16. The Morgan fingerprint density at radius 1 is 0.720 bits per heavy atom. The van der Waals surface area contributed by atoms with Gasteiger partial charge in [-0.1, -0.05) is 91.9 Å². The minimum Gasteiger partial charge on any atom is -0.330 e. The van der Waals surface area contributed by atoms with Crippen LogP contribution in [0.2, 0.25) is 0 Å². The predicted octanol–water partition coefficient (Wildman–Crippen LogP) is 5.51. The van der Waals surface area contributed by atoms with Crippen molar-refractivity contribution in [2.24, 2.45) is 5.73 Å². The second kappa shape index (κ2) is 8.64. The second-order valence-electron chi connectivity index (χ2n) is 6.79. The van der Waals surface area contributed by atoms with E-state index in [4.69, 9.17) is 5.73 Å². The van der Waals surface area contributed by atoms with Crippen LogP contribution < -0.4 is 5.73 Å². The van der Waals surface area contributed by atoms with Gasteiger partial charge in [0, 0.05) is 5.92 Å². The molecule has 0 amide bonds. The molecule has 128 valence electrons. The fraction of sp³-hybridized carbons (Fsp3) is 0.250. The summed E-state index contributed by atoms with van der Waals surface area (Å²) >= 11 is 0. The average molecular weight is 329 g/mol. The first-order valence-corrected chi connectivity index (χ1v) is 9.16. The van der Waals surface area contributed by atoms with Crippen LogP contribution in [0.4, 0.5) is 0 Å². The Balaban J connectivity index is 1.80. The van der Waals surface area contributed by atoms with Gasteiger partial charge in [0.1, 0.15) is 0 Å². The number of benzene rings is 3. The summed E-state index contributed by atoms with van der Waals surface area (Å²) in [4.78, 5) is 0. The fourth-order valence-corrected chi connectivity index (χ4v) is 3.40. The zero-order valence-corrected chi connectivity index (χ0v) is 14.9. The minimum atomic E-state index is 0.416. The maximum absolute atomic E-state index is 5.83. The van der Waals surface area contributed by atoms with Crippen molar-refractivity contribution in [3.05, 3.63) is 107 Å². The van der Waals surface area contributed by atoms with E-state index in [0.29, 0.717) is 18.4 Å². The van der Waals surface area contributed by atoms with E-state index in [9.17, 15) is 0 Å². The lowest BCUT2D eigenvalue weighted by molar-refractivity contribution is 0.712. The van der Waals surface area contributed by atoms with Crippen LogP contribution >= 0.6 is 0 Å². The Hall–Kier alpha value is -2.38. The molecule has 0 aromatic heterocycles. The third-order valence-corrected chi connectivity index (χ3v) is 5.00. The Kier molecular flexibility index (Phi) is 6.03. The van der Waals surface area contributed by atoms with Gasteiger partial charge in [-0.2, -0.15) is 0 Å². The Bertz CT molecular complexity index is 725. The molecule has 3 aromatic rings. The van der Waals surface area contributed by atoms with Crippen molar-refractivity contribution in [2.45, 2.75) is 31.6 Å². The van der Waals surface area contributed by atoms with Gasteiger partial charge in [-0.25, -0.2) is 0 Å². The van der Waals surface area contributed by atoms with Gasteiger partial charge in [-0.05, 0) is 47.6 Å². The molecular weight excluding hydrogens is 302 g/mol. The maximum atomic E-state index is 5.83. The summed E-state index contributed by atoms with van der Waals surface area (Å²) in [6.45, 7) is 2.88. The molecule has 0 aliphatic rings. The first kappa shape index (κ1) is 17.4.